The number of piperidine rings is 1. The minimum Gasteiger partial charge on any atom is -0.477 e. The fourth-order valence-corrected chi connectivity index (χ4v) is 4.62. The largest absolute Gasteiger partial charge is 0.477 e. The number of hydrogen-bond acceptors (Lipinski definition) is 5. The van der Waals surface area contributed by atoms with Crippen molar-refractivity contribution in [3.63, 3.8) is 0 Å². The predicted molar refractivity (Wildman–Crippen MR) is 115 cm³/mol. The quantitative estimate of drug-likeness (QED) is 0.701. The third-order valence-electron chi connectivity index (χ3n) is 6.35. The first-order chi connectivity index (χ1) is 14.5. The summed E-state index contributed by atoms with van der Waals surface area (Å²) in [7, 11) is 1.98. The number of nitrogens with zero attached hydrogens (tertiary/aromatic N) is 5. The molecule has 1 unspecified atom stereocenters. The lowest BCUT2D eigenvalue weighted by molar-refractivity contribution is -0.128. The normalized spacial score (nSPS) is 20.8. The van der Waals surface area contributed by atoms with Crippen LogP contribution < -0.4 is 4.74 Å². The van der Waals surface area contributed by atoms with E-state index in [1.165, 1.54) is 5.56 Å². The second-order valence-electron chi connectivity index (χ2n) is 8.98. The molecular weight excluding hydrogens is 378 g/mol. The Labute approximate surface area is 179 Å². The Kier molecular flexibility index (Phi) is 6.37. The highest BCUT2D eigenvalue weighted by atomic mass is 16.5. The van der Waals surface area contributed by atoms with Crippen LogP contribution in [0.25, 0.3) is 0 Å². The first kappa shape index (κ1) is 20.8. The van der Waals surface area contributed by atoms with E-state index in [4.69, 9.17) is 4.74 Å². The van der Waals surface area contributed by atoms with Gasteiger partial charge >= 0.3 is 0 Å². The maximum atomic E-state index is 12.5. The number of pyridine rings is 1. The number of amides is 1. The highest BCUT2D eigenvalue weighted by Crippen LogP contribution is 2.25. The Morgan fingerprint density at radius 3 is 2.70 bits per heavy atom. The molecule has 0 N–H and O–H groups in total. The summed E-state index contributed by atoms with van der Waals surface area (Å²) >= 11 is 0. The standard InChI is InChI=1S/C23H33N5O2/c1-17-4-7-24-22(10-17)30-16-20-11-23(29)28(13-20)12-19-5-8-27(9-6-19)15-21-14-26(3)25-18(21)2/h4,7,10,14,19-20H,5-6,8-9,11-13,15-16H2,1-3H3. The first-order valence-corrected chi connectivity index (χ1v) is 11.0. The van der Waals surface area contributed by atoms with Gasteiger partial charge in [0.25, 0.3) is 0 Å². The molecule has 0 spiro atoms. The van der Waals surface area contributed by atoms with E-state index >= 15 is 0 Å². The fraction of sp³-hybridized carbons (Fsp3) is 0.609. The van der Waals surface area contributed by atoms with Gasteiger partial charge in [0.2, 0.25) is 11.8 Å². The molecule has 2 aliphatic heterocycles. The molecule has 4 heterocycles. The van der Waals surface area contributed by atoms with Crippen LogP contribution in [-0.4, -0.2) is 63.3 Å². The lowest BCUT2D eigenvalue weighted by Crippen LogP contribution is -2.39. The van der Waals surface area contributed by atoms with E-state index in [0.717, 1.165) is 56.8 Å². The van der Waals surface area contributed by atoms with Crippen LogP contribution in [0.5, 0.6) is 5.88 Å². The van der Waals surface area contributed by atoms with E-state index in [1.807, 2.05) is 30.8 Å². The molecule has 7 heteroatoms. The molecule has 1 atom stereocenters. The van der Waals surface area contributed by atoms with Crippen molar-refractivity contribution in [1.82, 2.24) is 24.6 Å². The summed E-state index contributed by atoms with van der Waals surface area (Å²) in [6.07, 6.45) is 6.78. The molecule has 0 bridgehead atoms. The lowest BCUT2D eigenvalue weighted by atomic mass is 9.96. The van der Waals surface area contributed by atoms with Crippen LogP contribution in [0.15, 0.2) is 24.5 Å². The van der Waals surface area contributed by atoms with Crippen molar-refractivity contribution in [2.45, 2.75) is 39.7 Å². The molecule has 1 amide bonds. The van der Waals surface area contributed by atoms with Crippen molar-refractivity contribution >= 4 is 5.91 Å². The van der Waals surface area contributed by atoms with Crippen molar-refractivity contribution in [1.29, 1.82) is 0 Å². The van der Waals surface area contributed by atoms with Gasteiger partial charge in [0.15, 0.2) is 0 Å². The maximum Gasteiger partial charge on any atom is 0.223 e. The molecule has 2 saturated heterocycles. The van der Waals surface area contributed by atoms with E-state index in [2.05, 4.69) is 33.0 Å². The van der Waals surface area contributed by atoms with Gasteiger partial charge in [-0.05, 0) is 57.3 Å². The molecule has 4 rings (SSSR count). The topological polar surface area (TPSA) is 63.5 Å². The third-order valence-corrected chi connectivity index (χ3v) is 6.35. The molecule has 2 aromatic rings. The van der Waals surface area contributed by atoms with Gasteiger partial charge in [-0.25, -0.2) is 4.98 Å². The number of hydrogen-bond donors (Lipinski definition) is 0. The smallest absolute Gasteiger partial charge is 0.223 e. The first-order valence-electron chi connectivity index (χ1n) is 11.0. The summed E-state index contributed by atoms with van der Waals surface area (Å²) in [5.74, 6) is 1.78. The van der Waals surface area contributed by atoms with Gasteiger partial charge in [-0.2, -0.15) is 5.10 Å². The zero-order valence-electron chi connectivity index (χ0n) is 18.4. The molecule has 2 aliphatic rings. The summed E-state index contributed by atoms with van der Waals surface area (Å²) in [6, 6.07) is 3.90. The van der Waals surface area contributed by atoms with Gasteiger partial charge in [-0.15, -0.1) is 0 Å². The second-order valence-corrected chi connectivity index (χ2v) is 8.98. The van der Waals surface area contributed by atoms with Gasteiger partial charge in [-0.3, -0.25) is 14.4 Å². The average Bonchev–Trinajstić information content (AvgIpc) is 3.22. The molecular formula is C23H33N5O2. The van der Waals surface area contributed by atoms with Crippen molar-refractivity contribution in [3.05, 3.63) is 41.3 Å². The van der Waals surface area contributed by atoms with Crippen molar-refractivity contribution in [2.75, 3.05) is 32.8 Å². The molecule has 0 aliphatic carbocycles. The van der Waals surface area contributed by atoms with Crippen LogP contribution in [0.2, 0.25) is 0 Å². The summed E-state index contributed by atoms with van der Waals surface area (Å²) < 4.78 is 7.73. The number of aryl methyl sites for hydroxylation is 3. The molecule has 0 aromatic carbocycles. The van der Waals surface area contributed by atoms with Crippen LogP contribution in [0.3, 0.4) is 0 Å². The Hall–Kier alpha value is -2.41. The SMILES string of the molecule is Cc1ccnc(OCC2CC(=O)N(CC3CCN(Cc4cn(C)nc4C)CC3)C2)c1. The predicted octanol–water partition coefficient (Wildman–Crippen LogP) is 2.57. The number of carbonyl (C=O) groups is 1. The van der Waals surface area contributed by atoms with Crippen molar-refractivity contribution < 1.29 is 9.53 Å². The molecule has 7 nitrogen and oxygen atoms in total. The average molecular weight is 412 g/mol. The van der Waals surface area contributed by atoms with E-state index < -0.39 is 0 Å². The number of ether oxygens (including phenoxy) is 1. The Morgan fingerprint density at radius 2 is 2.00 bits per heavy atom. The zero-order valence-corrected chi connectivity index (χ0v) is 18.4. The summed E-state index contributed by atoms with van der Waals surface area (Å²) in [5, 5.41) is 4.45. The Balaban J connectivity index is 1.20. The maximum absolute atomic E-state index is 12.5. The van der Waals surface area contributed by atoms with Gasteiger partial charge in [0.1, 0.15) is 0 Å². The molecule has 0 saturated carbocycles. The molecule has 2 fully saturated rings. The van der Waals surface area contributed by atoms with E-state index in [1.54, 1.807) is 6.20 Å². The monoisotopic (exact) mass is 411 g/mol. The second kappa shape index (κ2) is 9.16. The van der Waals surface area contributed by atoms with E-state index in [9.17, 15) is 4.79 Å². The van der Waals surface area contributed by atoms with Crippen molar-refractivity contribution in [3.8, 4) is 5.88 Å². The van der Waals surface area contributed by atoms with Gasteiger partial charge in [0, 0.05) is 63.0 Å². The minimum atomic E-state index is 0.258. The highest BCUT2D eigenvalue weighted by molar-refractivity contribution is 5.78. The third kappa shape index (κ3) is 5.19. The Bertz CT molecular complexity index is 872. The number of aromatic nitrogens is 3. The minimum absolute atomic E-state index is 0.258. The number of rotatable bonds is 7. The number of likely N-dealkylation sites (tertiary alicyclic amines) is 2. The highest BCUT2D eigenvalue weighted by Gasteiger charge is 2.32. The summed E-state index contributed by atoms with van der Waals surface area (Å²) in [6.45, 7) is 9.51. The van der Waals surface area contributed by atoms with Crippen LogP contribution in [0.1, 0.15) is 36.1 Å². The summed E-state index contributed by atoms with van der Waals surface area (Å²) in [4.78, 5) is 21.3. The lowest BCUT2D eigenvalue weighted by Gasteiger charge is -2.33. The van der Waals surface area contributed by atoms with Crippen LogP contribution >= 0.6 is 0 Å². The van der Waals surface area contributed by atoms with Gasteiger partial charge in [0.05, 0.1) is 12.3 Å². The molecule has 30 heavy (non-hydrogen) atoms. The summed E-state index contributed by atoms with van der Waals surface area (Å²) in [5.41, 5.74) is 3.57. The van der Waals surface area contributed by atoms with Crippen LogP contribution in [0.4, 0.5) is 0 Å². The van der Waals surface area contributed by atoms with Crippen molar-refractivity contribution in [2.24, 2.45) is 18.9 Å². The fourth-order valence-electron chi connectivity index (χ4n) is 4.62. The van der Waals surface area contributed by atoms with Gasteiger partial charge in [-0.1, -0.05) is 0 Å². The van der Waals surface area contributed by atoms with Gasteiger partial charge < -0.3 is 9.64 Å². The molecule has 162 valence electrons. The Morgan fingerprint density at radius 1 is 1.20 bits per heavy atom. The van der Waals surface area contributed by atoms with Crippen LogP contribution in [-0.2, 0) is 18.4 Å². The van der Waals surface area contributed by atoms with Crippen LogP contribution in [0, 0.1) is 25.7 Å². The van der Waals surface area contributed by atoms with E-state index in [-0.39, 0.29) is 11.8 Å². The van der Waals surface area contributed by atoms with E-state index in [0.29, 0.717) is 24.8 Å². The number of carbonyl (C=O) groups excluding carboxylic acids is 1. The zero-order chi connectivity index (χ0) is 21.1. The molecule has 2 aromatic heterocycles. The molecule has 0 radical (unpaired) electrons.